The van der Waals surface area contributed by atoms with Crippen LogP contribution in [-0.4, -0.2) is 59.8 Å². The third-order valence-electron chi connectivity index (χ3n) is 6.63. The van der Waals surface area contributed by atoms with E-state index in [9.17, 15) is 23.1 Å². The van der Waals surface area contributed by atoms with Crippen molar-refractivity contribution in [1.82, 2.24) is 4.90 Å². The van der Waals surface area contributed by atoms with Gasteiger partial charge in [-0.05, 0) is 22.3 Å². The summed E-state index contributed by atoms with van der Waals surface area (Å²) in [6.45, 7) is -0.0225. The Morgan fingerprint density at radius 2 is 1.55 bits per heavy atom. The number of hydrogen-bond donors (Lipinski definition) is 1. The smallest absolute Gasteiger partial charge is 0.417 e. The Bertz CT molecular complexity index is 949. The zero-order chi connectivity index (χ0) is 21.8. The average Bonchev–Trinajstić information content (AvgIpc) is 3.04. The molecule has 5 nitrogen and oxygen atoms in total. The maximum absolute atomic E-state index is 13.4. The van der Waals surface area contributed by atoms with Gasteiger partial charge < -0.3 is 14.6 Å². The van der Waals surface area contributed by atoms with Gasteiger partial charge in [-0.3, -0.25) is 4.90 Å². The number of rotatable bonds is 2. The number of ether oxygens (including phenoxy) is 2. The van der Waals surface area contributed by atoms with Crippen LogP contribution in [0.5, 0.6) is 0 Å². The van der Waals surface area contributed by atoms with E-state index in [1.54, 1.807) is 0 Å². The molecule has 2 unspecified atom stereocenters. The van der Waals surface area contributed by atoms with Crippen LogP contribution >= 0.6 is 0 Å². The minimum absolute atomic E-state index is 0.0565. The minimum atomic E-state index is -4.76. The molecule has 3 aliphatic rings. The van der Waals surface area contributed by atoms with Gasteiger partial charge in [0.25, 0.3) is 0 Å². The number of amides is 1. The molecule has 8 heteroatoms. The van der Waals surface area contributed by atoms with Crippen LogP contribution in [0, 0.1) is 0 Å². The standard InChI is InChI=1S/C23H22F3NO4/c24-23(25,26)22(29)9-14-11-30-12-15(10-22)27(14)21(28)31-13-20-18-7-3-1-5-16(18)17-6-2-4-8-19(17)20/h1-8,14-15,20,29H,9-13H2. The summed E-state index contributed by atoms with van der Waals surface area (Å²) in [7, 11) is 0. The van der Waals surface area contributed by atoms with Crippen molar-refractivity contribution < 1.29 is 32.5 Å². The van der Waals surface area contributed by atoms with E-state index >= 15 is 0 Å². The molecule has 1 aliphatic carbocycles. The topological polar surface area (TPSA) is 59.0 Å². The van der Waals surface area contributed by atoms with Gasteiger partial charge >= 0.3 is 12.3 Å². The molecule has 2 bridgehead atoms. The highest BCUT2D eigenvalue weighted by Gasteiger charge is 2.61. The lowest BCUT2D eigenvalue weighted by Crippen LogP contribution is -2.66. The lowest BCUT2D eigenvalue weighted by atomic mass is 9.81. The number of piperidine rings is 1. The molecular formula is C23H22F3NO4. The first-order chi connectivity index (χ1) is 14.8. The first kappa shape index (κ1) is 20.3. The Morgan fingerprint density at radius 1 is 1.03 bits per heavy atom. The third kappa shape index (κ3) is 3.29. The summed E-state index contributed by atoms with van der Waals surface area (Å²) in [6.07, 6.45) is -6.65. The molecule has 164 valence electrons. The maximum atomic E-state index is 13.4. The van der Waals surface area contributed by atoms with E-state index in [0.717, 1.165) is 22.3 Å². The van der Waals surface area contributed by atoms with E-state index in [1.165, 1.54) is 4.90 Å². The molecular weight excluding hydrogens is 411 g/mol. The number of carbonyl (C=O) groups excluding carboxylic acids is 1. The molecule has 2 aliphatic heterocycles. The van der Waals surface area contributed by atoms with Crippen molar-refractivity contribution in [2.45, 2.75) is 42.6 Å². The van der Waals surface area contributed by atoms with Crippen LogP contribution in [0.25, 0.3) is 11.1 Å². The maximum Gasteiger partial charge on any atom is 0.417 e. The second-order valence-corrected chi connectivity index (χ2v) is 8.49. The first-order valence-electron chi connectivity index (χ1n) is 10.3. The van der Waals surface area contributed by atoms with Crippen molar-refractivity contribution in [3.05, 3.63) is 59.7 Å². The molecule has 31 heavy (non-hydrogen) atoms. The highest BCUT2D eigenvalue weighted by Crippen LogP contribution is 2.46. The second-order valence-electron chi connectivity index (χ2n) is 8.49. The quantitative estimate of drug-likeness (QED) is 0.775. The number of hydrogen-bond acceptors (Lipinski definition) is 4. The van der Waals surface area contributed by atoms with E-state index in [0.29, 0.717) is 0 Å². The van der Waals surface area contributed by atoms with Crippen LogP contribution < -0.4 is 0 Å². The first-order valence-corrected chi connectivity index (χ1v) is 10.3. The molecule has 1 amide bonds. The molecule has 2 atom stereocenters. The number of carbonyl (C=O) groups is 1. The van der Waals surface area contributed by atoms with Crippen LogP contribution in [-0.2, 0) is 9.47 Å². The highest BCUT2D eigenvalue weighted by atomic mass is 19.4. The van der Waals surface area contributed by atoms with Crippen molar-refractivity contribution in [2.24, 2.45) is 0 Å². The SMILES string of the molecule is O=C(OCC1c2ccccc2-c2ccccc21)N1C2COCC1CC(O)(C(F)(F)F)C2. The number of nitrogens with zero attached hydrogens (tertiary/aromatic N) is 1. The Morgan fingerprint density at radius 3 is 2.06 bits per heavy atom. The zero-order valence-electron chi connectivity index (χ0n) is 16.6. The van der Waals surface area contributed by atoms with Crippen LogP contribution in [0.1, 0.15) is 29.9 Å². The lowest BCUT2D eigenvalue weighted by Gasteiger charge is -2.51. The molecule has 5 rings (SSSR count). The average molecular weight is 433 g/mol. The van der Waals surface area contributed by atoms with Crippen molar-refractivity contribution in [3.8, 4) is 11.1 Å². The second kappa shape index (κ2) is 7.24. The molecule has 0 aromatic heterocycles. The fraction of sp³-hybridized carbons (Fsp3) is 0.435. The fourth-order valence-electron chi connectivity index (χ4n) is 5.17. The number of aliphatic hydroxyl groups is 1. The zero-order valence-corrected chi connectivity index (χ0v) is 16.6. The summed E-state index contributed by atoms with van der Waals surface area (Å²) >= 11 is 0. The van der Waals surface area contributed by atoms with Gasteiger partial charge in [-0.2, -0.15) is 13.2 Å². The fourth-order valence-corrected chi connectivity index (χ4v) is 5.17. The Labute approximate surface area is 177 Å². The van der Waals surface area contributed by atoms with Gasteiger partial charge in [-0.1, -0.05) is 48.5 Å². The Hall–Kier alpha value is -2.58. The van der Waals surface area contributed by atoms with Crippen LogP contribution in [0.3, 0.4) is 0 Å². The van der Waals surface area contributed by atoms with Gasteiger partial charge in [0.15, 0.2) is 5.60 Å². The van der Waals surface area contributed by atoms with Gasteiger partial charge in [-0.25, -0.2) is 4.79 Å². The van der Waals surface area contributed by atoms with Crippen molar-refractivity contribution in [1.29, 1.82) is 0 Å². The molecule has 2 aromatic rings. The minimum Gasteiger partial charge on any atom is -0.448 e. The monoisotopic (exact) mass is 433 g/mol. The molecule has 2 aromatic carbocycles. The summed E-state index contributed by atoms with van der Waals surface area (Å²) in [5, 5.41) is 10.2. The summed E-state index contributed by atoms with van der Waals surface area (Å²) in [5.41, 5.74) is 1.50. The molecule has 0 saturated carbocycles. The molecule has 0 spiro atoms. The van der Waals surface area contributed by atoms with E-state index in [2.05, 4.69) is 0 Å². The van der Waals surface area contributed by atoms with Crippen molar-refractivity contribution >= 4 is 6.09 Å². The van der Waals surface area contributed by atoms with Crippen molar-refractivity contribution in [2.75, 3.05) is 19.8 Å². The summed E-state index contributed by atoms with van der Waals surface area (Å²) in [4.78, 5) is 14.3. The largest absolute Gasteiger partial charge is 0.448 e. The predicted molar refractivity (Wildman–Crippen MR) is 106 cm³/mol. The molecule has 2 fully saturated rings. The van der Waals surface area contributed by atoms with E-state index in [4.69, 9.17) is 9.47 Å². The van der Waals surface area contributed by atoms with Gasteiger partial charge in [-0.15, -0.1) is 0 Å². The summed E-state index contributed by atoms with van der Waals surface area (Å²) in [6, 6.07) is 14.1. The van der Waals surface area contributed by atoms with Crippen LogP contribution in [0.4, 0.5) is 18.0 Å². The number of alkyl halides is 3. The van der Waals surface area contributed by atoms with Gasteiger partial charge in [0.05, 0.1) is 25.3 Å². The summed E-state index contributed by atoms with van der Waals surface area (Å²) < 4.78 is 51.1. The highest BCUT2D eigenvalue weighted by molar-refractivity contribution is 5.79. The molecule has 1 N–H and O–H groups in total. The lowest BCUT2D eigenvalue weighted by molar-refractivity contribution is -0.290. The molecule has 0 radical (unpaired) electrons. The van der Waals surface area contributed by atoms with E-state index in [1.807, 2.05) is 48.5 Å². The van der Waals surface area contributed by atoms with Crippen LogP contribution in [0.15, 0.2) is 48.5 Å². The number of morpholine rings is 1. The Kier molecular flexibility index (Phi) is 4.75. The Balaban J connectivity index is 1.34. The summed E-state index contributed by atoms with van der Waals surface area (Å²) in [5.74, 6) is -0.135. The van der Waals surface area contributed by atoms with Crippen LogP contribution in [0.2, 0.25) is 0 Å². The van der Waals surface area contributed by atoms with Gasteiger partial charge in [0.1, 0.15) is 6.61 Å². The van der Waals surface area contributed by atoms with E-state index < -0.39 is 42.8 Å². The molecule has 2 heterocycles. The van der Waals surface area contributed by atoms with Crippen molar-refractivity contribution in [3.63, 3.8) is 0 Å². The predicted octanol–water partition coefficient (Wildman–Crippen LogP) is 4.09. The number of benzene rings is 2. The van der Waals surface area contributed by atoms with Gasteiger partial charge in [0.2, 0.25) is 0 Å². The third-order valence-corrected chi connectivity index (χ3v) is 6.63. The molecule has 2 saturated heterocycles. The number of halogens is 3. The van der Waals surface area contributed by atoms with E-state index in [-0.39, 0.29) is 25.7 Å². The van der Waals surface area contributed by atoms with Gasteiger partial charge in [0, 0.05) is 18.8 Å². The normalized spacial score (nSPS) is 27.5. The number of fused-ring (bicyclic) bond motifs is 5.